The molecule has 0 radical (unpaired) electrons. The lowest BCUT2D eigenvalue weighted by Crippen LogP contribution is -2.30. The van der Waals surface area contributed by atoms with Gasteiger partial charge >= 0.3 is 0 Å². The van der Waals surface area contributed by atoms with E-state index in [4.69, 9.17) is 10.1 Å². The molecule has 1 aromatic carbocycles. The van der Waals surface area contributed by atoms with E-state index in [-0.39, 0.29) is 6.61 Å². The summed E-state index contributed by atoms with van der Waals surface area (Å²) in [5.74, 6) is -0.884. The second-order valence-corrected chi connectivity index (χ2v) is 3.55. The quantitative estimate of drug-likeness (QED) is 0.580. The molecule has 0 bridgehead atoms. The minimum Gasteiger partial charge on any atom is -0.266 e. The van der Waals surface area contributed by atoms with Gasteiger partial charge in [-0.25, -0.2) is 0 Å². The number of imide groups is 1. The number of benzene rings is 1. The second kappa shape index (κ2) is 4.76. The second-order valence-electron chi connectivity index (χ2n) is 3.55. The molecule has 5 nitrogen and oxygen atoms in total. The van der Waals surface area contributed by atoms with Crippen LogP contribution in [0.15, 0.2) is 24.3 Å². The highest BCUT2D eigenvalue weighted by Crippen LogP contribution is 2.22. The van der Waals surface area contributed by atoms with E-state index < -0.39 is 11.8 Å². The lowest BCUT2D eigenvalue weighted by Gasteiger charge is -2.12. The first-order chi connectivity index (χ1) is 8.25. The Hall–Kier alpha value is -2.19. The number of carbonyl (C=O) groups is 2. The van der Waals surface area contributed by atoms with Crippen LogP contribution in [0.2, 0.25) is 0 Å². The monoisotopic (exact) mass is 230 g/mol. The standard InChI is InChI=1S/C12H10N2O3/c13-7-3-4-8-17-14-11(15)9-5-1-2-6-10(9)12(14)16/h1-2,5-6H,3-4,8H2. The van der Waals surface area contributed by atoms with E-state index in [1.807, 2.05) is 6.07 Å². The molecule has 1 aliphatic heterocycles. The molecule has 0 saturated heterocycles. The van der Waals surface area contributed by atoms with Crippen LogP contribution < -0.4 is 0 Å². The number of hydroxylamine groups is 2. The number of amides is 2. The average Bonchev–Trinajstić information content (AvgIpc) is 2.60. The average molecular weight is 230 g/mol. The van der Waals surface area contributed by atoms with Crippen LogP contribution in [0, 0.1) is 11.3 Å². The lowest BCUT2D eigenvalue weighted by atomic mass is 10.1. The molecule has 2 rings (SSSR count). The molecule has 0 spiro atoms. The molecule has 1 heterocycles. The zero-order chi connectivity index (χ0) is 12.3. The molecule has 0 N–H and O–H groups in total. The number of nitriles is 1. The van der Waals surface area contributed by atoms with Gasteiger partial charge in [0.2, 0.25) is 0 Å². The molecule has 0 unspecified atom stereocenters. The van der Waals surface area contributed by atoms with Crippen molar-refractivity contribution in [1.29, 1.82) is 5.26 Å². The van der Waals surface area contributed by atoms with Gasteiger partial charge < -0.3 is 0 Å². The van der Waals surface area contributed by atoms with Crippen molar-refractivity contribution < 1.29 is 14.4 Å². The van der Waals surface area contributed by atoms with Crippen LogP contribution in [0.3, 0.4) is 0 Å². The number of hydrogen-bond donors (Lipinski definition) is 0. The minimum atomic E-state index is -0.442. The Balaban J connectivity index is 2.06. The van der Waals surface area contributed by atoms with Crippen LogP contribution in [0.1, 0.15) is 33.6 Å². The van der Waals surface area contributed by atoms with Gasteiger partial charge in [-0.15, -0.1) is 5.06 Å². The molecule has 2 amide bonds. The van der Waals surface area contributed by atoms with Gasteiger partial charge in [0, 0.05) is 6.42 Å². The number of rotatable bonds is 4. The molecule has 0 atom stereocenters. The molecule has 0 aromatic heterocycles. The smallest absolute Gasteiger partial charge is 0.266 e. The van der Waals surface area contributed by atoms with E-state index in [1.165, 1.54) is 0 Å². The molecule has 1 aromatic rings. The van der Waals surface area contributed by atoms with Crippen molar-refractivity contribution in [3.63, 3.8) is 0 Å². The molecule has 86 valence electrons. The van der Waals surface area contributed by atoms with Crippen LogP contribution in [0.4, 0.5) is 0 Å². The number of hydrogen-bond acceptors (Lipinski definition) is 4. The SMILES string of the molecule is N#CCCCON1C(=O)c2ccccc2C1=O. The van der Waals surface area contributed by atoms with Crippen molar-refractivity contribution in [3.05, 3.63) is 35.4 Å². The molecule has 17 heavy (non-hydrogen) atoms. The van der Waals surface area contributed by atoms with Gasteiger partial charge in [-0.05, 0) is 18.6 Å². The molecule has 0 saturated carbocycles. The van der Waals surface area contributed by atoms with Crippen LogP contribution >= 0.6 is 0 Å². The van der Waals surface area contributed by atoms with Crippen LogP contribution in [0.25, 0.3) is 0 Å². The van der Waals surface area contributed by atoms with Gasteiger partial charge in [0.15, 0.2) is 0 Å². The van der Waals surface area contributed by atoms with E-state index in [1.54, 1.807) is 24.3 Å². The maximum atomic E-state index is 11.8. The molecular weight excluding hydrogens is 220 g/mol. The Kier molecular flexibility index (Phi) is 3.17. The highest BCUT2D eigenvalue weighted by atomic mass is 16.7. The van der Waals surface area contributed by atoms with Gasteiger partial charge in [-0.1, -0.05) is 12.1 Å². The van der Waals surface area contributed by atoms with E-state index in [9.17, 15) is 9.59 Å². The Morgan fingerprint density at radius 3 is 2.29 bits per heavy atom. The van der Waals surface area contributed by atoms with Crippen molar-refractivity contribution in [2.75, 3.05) is 6.61 Å². The Morgan fingerprint density at radius 2 is 1.76 bits per heavy atom. The van der Waals surface area contributed by atoms with Gasteiger partial charge in [0.1, 0.15) is 0 Å². The van der Waals surface area contributed by atoms with Crippen molar-refractivity contribution in [1.82, 2.24) is 5.06 Å². The first-order valence-corrected chi connectivity index (χ1v) is 5.23. The summed E-state index contributed by atoms with van der Waals surface area (Å²) < 4.78 is 0. The third-order valence-corrected chi connectivity index (χ3v) is 2.41. The van der Waals surface area contributed by atoms with Gasteiger partial charge in [-0.2, -0.15) is 5.26 Å². The summed E-state index contributed by atoms with van der Waals surface area (Å²) in [5.41, 5.74) is 0.718. The zero-order valence-corrected chi connectivity index (χ0v) is 9.05. The fourth-order valence-corrected chi connectivity index (χ4v) is 1.59. The predicted molar refractivity (Wildman–Crippen MR) is 57.7 cm³/mol. The first kappa shape index (κ1) is 11.3. The summed E-state index contributed by atoms with van der Waals surface area (Å²) in [5, 5.41) is 9.12. The highest BCUT2D eigenvalue weighted by molar-refractivity contribution is 6.20. The largest absolute Gasteiger partial charge is 0.285 e. The summed E-state index contributed by atoms with van der Waals surface area (Å²) in [6, 6.07) is 8.54. The van der Waals surface area contributed by atoms with Crippen LogP contribution in [-0.2, 0) is 4.84 Å². The van der Waals surface area contributed by atoms with Gasteiger partial charge in [0.05, 0.1) is 23.8 Å². The van der Waals surface area contributed by atoms with Crippen molar-refractivity contribution in [2.45, 2.75) is 12.8 Å². The third kappa shape index (κ3) is 2.03. The summed E-state index contributed by atoms with van der Waals surface area (Å²) in [6.07, 6.45) is 0.826. The first-order valence-electron chi connectivity index (χ1n) is 5.23. The highest BCUT2D eigenvalue weighted by Gasteiger charge is 2.36. The zero-order valence-electron chi connectivity index (χ0n) is 9.05. The van der Waals surface area contributed by atoms with E-state index in [0.29, 0.717) is 24.0 Å². The van der Waals surface area contributed by atoms with E-state index in [0.717, 1.165) is 5.06 Å². The van der Waals surface area contributed by atoms with Crippen LogP contribution in [0.5, 0.6) is 0 Å². The van der Waals surface area contributed by atoms with E-state index >= 15 is 0 Å². The molecule has 0 fully saturated rings. The Morgan fingerprint density at radius 1 is 1.18 bits per heavy atom. The van der Waals surface area contributed by atoms with Crippen molar-refractivity contribution in [3.8, 4) is 6.07 Å². The lowest BCUT2D eigenvalue weighted by molar-refractivity contribution is -0.0916. The molecular formula is C12H10N2O3. The third-order valence-electron chi connectivity index (χ3n) is 2.41. The molecule has 0 aliphatic carbocycles. The maximum absolute atomic E-state index is 11.8. The predicted octanol–water partition coefficient (Wildman–Crippen LogP) is 1.52. The van der Waals surface area contributed by atoms with Crippen molar-refractivity contribution in [2.24, 2.45) is 0 Å². The fraction of sp³-hybridized carbons (Fsp3) is 0.250. The van der Waals surface area contributed by atoms with Crippen molar-refractivity contribution >= 4 is 11.8 Å². The van der Waals surface area contributed by atoms with Crippen LogP contribution in [-0.4, -0.2) is 23.5 Å². The van der Waals surface area contributed by atoms with Gasteiger partial charge in [0.25, 0.3) is 11.8 Å². The topological polar surface area (TPSA) is 70.4 Å². The summed E-state index contributed by atoms with van der Waals surface area (Å²) in [6.45, 7) is 0.180. The maximum Gasteiger partial charge on any atom is 0.285 e. The van der Waals surface area contributed by atoms with Gasteiger partial charge in [-0.3, -0.25) is 14.4 Å². The number of carbonyl (C=O) groups excluding carboxylic acids is 2. The summed E-state index contributed by atoms with van der Waals surface area (Å²) >= 11 is 0. The Labute approximate surface area is 98.2 Å². The normalized spacial score (nSPS) is 13.7. The number of fused-ring (bicyclic) bond motifs is 1. The number of nitrogens with zero attached hydrogens (tertiary/aromatic N) is 2. The molecule has 5 heteroatoms. The molecule has 1 aliphatic rings. The minimum absolute atomic E-state index is 0.180. The Bertz CT molecular complexity index is 470. The summed E-state index contributed by atoms with van der Waals surface area (Å²) in [7, 11) is 0. The number of unbranched alkanes of at least 4 members (excludes halogenated alkanes) is 1. The fourth-order valence-electron chi connectivity index (χ4n) is 1.59. The van der Waals surface area contributed by atoms with E-state index in [2.05, 4.69) is 0 Å². The summed E-state index contributed by atoms with van der Waals surface area (Å²) in [4.78, 5) is 28.7.